The first-order valence-electron chi connectivity index (χ1n) is 6.16. The Bertz CT molecular complexity index is 203. The Labute approximate surface area is 88.3 Å². The van der Waals surface area contributed by atoms with Gasteiger partial charge in [0.15, 0.2) is 0 Å². The average molecular weight is 196 g/mol. The van der Waals surface area contributed by atoms with Crippen LogP contribution in [-0.2, 0) is 4.79 Å². The maximum atomic E-state index is 12.4. The topological polar surface area (TPSA) is 17.1 Å². The van der Waals surface area contributed by atoms with Gasteiger partial charge in [0, 0.05) is 11.3 Å². The van der Waals surface area contributed by atoms with Gasteiger partial charge in [-0.15, -0.1) is 0 Å². The van der Waals surface area contributed by atoms with Crippen molar-refractivity contribution in [2.24, 2.45) is 17.3 Å². The number of hydrogen-bond donors (Lipinski definition) is 0. The lowest BCUT2D eigenvalue weighted by Gasteiger charge is -2.43. The Balaban J connectivity index is 2.92. The van der Waals surface area contributed by atoms with E-state index in [1.165, 1.54) is 6.42 Å². The first-order chi connectivity index (χ1) is 6.62. The zero-order chi connectivity index (χ0) is 10.8. The molecule has 2 atom stereocenters. The smallest absolute Gasteiger partial charge is 0.142 e. The van der Waals surface area contributed by atoms with E-state index in [0.29, 0.717) is 17.6 Å². The predicted octanol–water partition coefficient (Wildman–Crippen LogP) is 3.82. The third kappa shape index (κ3) is 1.62. The number of carbonyl (C=O) groups is 1. The number of ketones is 1. The minimum atomic E-state index is 0.0128. The Kier molecular flexibility index (Phi) is 3.74. The summed E-state index contributed by atoms with van der Waals surface area (Å²) in [5, 5.41) is 0. The molecule has 1 fully saturated rings. The molecule has 0 radical (unpaired) electrons. The second kappa shape index (κ2) is 4.46. The van der Waals surface area contributed by atoms with Crippen molar-refractivity contribution in [1.82, 2.24) is 0 Å². The third-order valence-corrected chi connectivity index (χ3v) is 4.51. The lowest BCUT2D eigenvalue weighted by molar-refractivity contribution is -0.141. The van der Waals surface area contributed by atoms with E-state index in [2.05, 4.69) is 27.7 Å². The van der Waals surface area contributed by atoms with Gasteiger partial charge in [-0.1, -0.05) is 27.7 Å². The van der Waals surface area contributed by atoms with Gasteiger partial charge in [0.25, 0.3) is 0 Å². The van der Waals surface area contributed by atoms with Gasteiger partial charge in [0.1, 0.15) is 5.78 Å². The Morgan fingerprint density at radius 2 is 1.79 bits per heavy atom. The van der Waals surface area contributed by atoms with E-state index in [9.17, 15) is 4.79 Å². The van der Waals surface area contributed by atoms with E-state index in [0.717, 1.165) is 25.7 Å². The van der Waals surface area contributed by atoms with Crippen LogP contribution < -0.4 is 0 Å². The molecule has 0 aromatic rings. The lowest BCUT2D eigenvalue weighted by atomic mass is 9.59. The van der Waals surface area contributed by atoms with E-state index in [1.54, 1.807) is 0 Å². The molecule has 0 spiro atoms. The summed E-state index contributed by atoms with van der Waals surface area (Å²) in [4.78, 5) is 12.4. The number of Topliss-reactive ketones (excluding diaryl/α,β-unsaturated/α-hetero) is 1. The highest BCUT2D eigenvalue weighted by Crippen LogP contribution is 2.46. The fourth-order valence-electron chi connectivity index (χ4n) is 3.19. The summed E-state index contributed by atoms with van der Waals surface area (Å²) in [5.74, 6) is 1.50. The Hall–Kier alpha value is -0.330. The van der Waals surface area contributed by atoms with Crippen molar-refractivity contribution in [2.75, 3.05) is 0 Å². The van der Waals surface area contributed by atoms with Crippen molar-refractivity contribution in [3.63, 3.8) is 0 Å². The number of hydrogen-bond acceptors (Lipinski definition) is 1. The van der Waals surface area contributed by atoms with Crippen LogP contribution in [0.3, 0.4) is 0 Å². The summed E-state index contributed by atoms with van der Waals surface area (Å²) in [6.07, 6.45) is 5.46. The number of carbonyl (C=O) groups excluding carboxylic acids is 1. The molecule has 1 aliphatic carbocycles. The van der Waals surface area contributed by atoms with Gasteiger partial charge >= 0.3 is 0 Å². The fourth-order valence-corrected chi connectivity index (χ4v) is 3.19. The van der Waals surface area contributed by atoms with Crippen LogP contribution in [0.5, 0.6) is 0 Å². The van der Waals surface area contributed by atoms with E-state index in [4.69, 9.17) is 0 Å². The monoisotopic (exact) mass is 196 g/mol. The summed E-state index contributed by atoms with van der Waals surface area (Å²) in [6.45, 7) is 8.76. The molecule has 0 aromatic carbocycles. The summed E-state index contributed by atoms with van der Waals surface area (Å²) in [7, 11) is 0. The summed E-state index contributed by atoms with van der Waals surface area (Å²) < 4.78 is 0. The standard InChI is InChI=1S/C13H24O/c1-5-11-9-8-10(4)13(6-2,7-3)12(11)14/h10-11H,5-9H2,1-4H3. The quantitative estimate of drug-likeness (QED) is 0.670. The summed E-state index contributed by atoms with van der Waals surface area (Å²) >= 11 is 0. The molecule has 0 amide bonds. The van der Waals surface area contributed by atoms with Crippen molar-refractivity contribution in [2.45, 2.75) is 59.8 Å². The third-order valence-electron chi connectivity index (χ3n) is 4.51. The molecule has 2 unspecified atom stereocenters. The Morgan fingerprint density at radius 1 is 1.21 bits per heavy atom. The van der Waals surface area contributed by atoms with Crippen molar-refractivity contribution in [1.29, 1.82) is 0 Å². The van der Waals surface area contributed by atoms with Crippen LogP contribution in [0.25, 0.3) is 0 Å². The highest BCUT2D eigenvalue weighted by molar-refractivity contribution is 5.88. The van der Waals surface area contributed by atoms with Crippen molar-refractivity contribution in [3.05, 3.63) is 0 Å². The largest absolute Gasteiger partial charge is 0.299 e. The summed E-state index contributed by atoms with van der Waals surface area (Å²) in [6, 6.07) is 0. The van der Waals surface area contributed by atoms with Crippen molar-refractivity contribution < 1.29 is 4.79 Å². The minimum Gasteiger partial charge on any atom is -0.299 e. The van der Waals surface area contributed by atoms with Gasteiger partial charge in [-0.05, 0) is 38.0 Å². The molecule has 1 nitrogen and oxygen atoms in total. The Morgan fingerprint density at radius 3 is 2.21 bits per heavy atom. The SMILES string of the molecule is CCC1CCC(C)C(CC)(CC)C1=O. The minimum absolute atomic E-state index is 0.0128. The maximum Gasteiger partial charge on any atom is 0.142 e. The predicted molar refractivity (Wildman–Crippen MR) is 60.2 cm³/mol. The van der Waals surface area contributed by atoms with E-state index in [-0.39, 0.29) is 5.41 Å². The van der Waals surface area contributed by atoms with Crippen LogP contribution in [0, 0.1) is 17.3 Å². The normalized spacial score (nSPS) is 31.9. The van der Waals surface area contributed by atoms with Crippen LogP contribution in [0.1, 0.15) is 59.8 Å². The highest BCUT2D eigenvalue weighted by atomic mass is 16.1. The first-order valence-corrected chi connectivity index (χ1v) is 6.16. The summed E-state index contributed by atoms with van der Waals surface area (Å²) in [5.41, 5.74) is 0.0128. The lowest BCUT2D eigenvalue weighted by Crippen LogP contribution is -2.44. The zero-order valence-electron chi connectivity index (χ0n) is 10.1. The molecule has 1 heteroatoms. The van der Waals surface area contributed by atoms with Crippen LogP contribution in [0.2, 0.25) is 0 Å². The highest BCUT2D eigenvalue weighted by Gasteiger charge is 2.45. The molecule has 0 bridgehead atoms. The van der Waals surface area contributed by atoms with E-state index < -0.39 is 0 Å². The van der Waals surface area contributed by atoms with Crippen LogP contribution in [-0.4, -0.2) is 5.78 Å². The molecule has 0 aromatic heterocycles. The first kappa shape index (κ1) is 11.7. The molecule has 14 heavy (non-hydrogen) atoms. The molecule has 0 saturated heterocycles. The average Bonchev–Trinajstić information content (AvgIpc) is 2.20. The molecule has 0 aliphatic heterocycles. The number of rotatable bonds is 3. The van der Waals surface area contributed by atoms with Gasteiger partial charge in [-0.2, -0.15) is 0 Å². The molecule has 1 rings (SSSR count). The van der Waals surface area contributed by atoms with E-state index in [1.807, 2.05) is 0 Å². The maximum absolute atomic E-state index is 12.4. The van der Waals surface area contributed by atoms with Crippen LogP contribution in [0.4, 0.5) is 0 Å². The molecular weight excluding hydrogens is 172 g/mol. The van der Waals surface area contributed by atoms with Crippen LogP contribution >= 0.6 is 0 Å². The van der Waals surface area contributed by atoms with Gasteiger partial charge in [-0.25, -0.2) is 0 Å². The van der Waals surface area contributed by atoms with E-state index >= 15 is 0 Å². The van der Waals surface area contributed by atoms with Gasteiger partial charge in [0.2, 0.25) is 0 Å². The van der Waals surface area contributed by atoms with Crippen molar-refractivity contribution in [3.8, 4) is 0 Å². The molecule has 0 N–H and O–H groups in total. The molecule has 0 heterocycles. The molecule has 1 saturated carbocycles. The molecule has 82 valence electrons. The van der Waals surface area contributed by atoms with Gasteiger partial charge in [0.05, 0.1) is 0 Å². The second-order valence-electron chi connectivity index (χ2n) is 4.81. The van der Waals surface area contributed by atoms with Crippen molar-refractivity contribution >= 4 is 5.78 Å². The van der Waals surface area contributed by atoms with Gasteiger partial charge < -0.3 is 0 Å². The molecular formula is C13H24O. The van der Waals surface area contributed by atoms with Crippen LogP contribution in [0.15, 0.2) is 0 Å². The second-order valence-corrected chi connectivity index (χ2v) is 4.81. The fraction of sp³-hybridized carbons (Fsp3) is 0.923. The molecule has 1 aliphatic rings. The zero-order valence-corrected chi connectivity index (χ0v) is 10.1. The van der Waals surface area contributed by atoms with Gasteiger partial charge in [-0.3, -0.25) is 4.79 Å².